The second-order valence-electron chi connectivity index (χ2n) is 4.86. The third-order valence-electron chi connectivity index (χ3n) is 3.05. The van der Waals surface area contributed by atoms with Crippen LogP contribution < -0.4 is 4.74 Å². The largest absolute Gasteiger partial charge is 0.455 e. The minimum atomic E-state index is 0.541. The first kappa shape index (κ1) is 12.6. The summed E-state index contributed by atoms with van der Waals surface area (Å²) in [6, 6.07) is 10.1. The minimum absolute atomic E-state index is 0.541. The molecule has 18 heavy (non-hydrogen) atoms. The standard InChI is InChI=1S/C16H19NO/c1-11(2)15-8-7-14(10-12(15)3)18-16-6-5-9-17-13(16)4/h5-11H,1-4H3. The normalized spacial score (nSPS) is 10.7. The van der Waals surface area contributed by atoms with Crippen LogP contribution >= 0.6 is 0 Å². The average Bonchev–Trinajstić information content (AvgIpc) is 2.32. The molecular formula is C16H19NO. The molecule has 1 aromatic heterocycles. The number of pyridine rings is 1. The average molecular weight is 241 g/mol. The van der Waals surface area contributed by atoms with Gasteiger partial charge in [-0.15, -0.1) is 0 Å². The number of hydrogen-bond donors (Lipinski definition) is 0. The molecule has 0 spiro atoms. The molecule has 1 aromatic carbocycles. The predicted molar refractivity (Wildman–Crippen MR) is 74.3 cm³/mol. The Kier molecular flexibility index (Phi) is 3.66. The summed E-state index contributed by atoms with van der Waals surface area (Å²) >= 11 is 0. The first-order valence-corrected chi connectivity index (χ1v) is 6.28. The van der Waals surface area contributed by atoms with Crippen molar-refractivity contribution in [2.24, 2.45) is 0 Å². The highest BCUT2D eigenvalue weighted by molar-refractivity contribution is 5.39. The van der Waals surface area contributed by atoms with Crippen LogP contribution in [0.25, 0.3) is 0 Å². The molecule has 2 aromatic rings. The van der Waals surface area contributed by atoms with Crippen molar-refractivity contribution in [2.75, 3.05) is 0 Å². The van der Waals surface area contributed by atoms with Gasteiger partial charge in [-0.25, -0.2) is 0 Å². The Labute approximate surface area is 109 Å². The van der Waals surface area contributed by atoms with Gasteiger partial charge in [0.05, 0.1) is 5.69 Å². The molecule has 0 N–H and O–H groups in total. The van der Waals surface area contributed by atoms with E-state index in [-0.39, 0.29) is 0 Å². The molecule has 1 heterocycles. The fourth-order valence-electron chi connectivity index (χ4n) is 2.06. The zero-order valence-electron chi connectivity index (χ0n) is 11.4. The lowest BCUT2D eigenvalue weighted by molar-refractivity contribution is 0.475. The maximum atomic E-state index is 5.86. The summed E-state index contributed by atoms with van der Waals surface area (Å²) in [5.41, 5.74) is 3.54. The molecule has 0 aliphatic carbocycles. The van der Waals surface area contributed by atoms with Gasteiger partial charge in [-0.3, -0.25) is 4.98 Å². The second-order valence-corrected chi connectivity index (χ2v) is 4.86. The van der Waals surface area contributed by atoms with Crippen LogP contribution in [-0.4, -0.2) is 4.98 Å². The zero-order chi connectivity index (χ0) is 13.1. The minimum Gasteiger partial charge on any atom is -0.455 e. The number of nitrogens with zero attached hydrogens (tertiary/aromatic N) is 1. The summed E-state index contributed by atoms with van der Waals surface area (Å²) in [5.74, 6) is 2.22. The van der Waals surface area contributed by atoms with Crippen LogP contribution in [0.15, 0.2) is 36.5 Å². The first-order chi connectivity index (χ1) is 8.58. The van der Waals surface area contributed by atoms with E-state index >= 15 is 0 Å². The van der Waals surface area contributed by atoms with Crippen molar-refractivity contribution < 1.29 is 4.74 Å². The highest BCUT2D eigenvalue weighted by Crippen LogP contribution is 2.27. The quantitative estimate of drug-likeness (QED) is 0.782. The number of benzene rings is 1. The number of aryl methyl sites for hydroxylation is 2. The summed E-state index contributed by atoms with van der Waals surface area (Å²) in [5, 5.41) is 0. The van der Waals surface area contributed by atoms with Crippen LogP contribution in [0.2, 0.25) is 0 Å². The van der Waals surface area contributed by atoms with Gasteiger partial charge in [0, 0.05) is 6.20 Å². The molecule has 2 nitrogen and oxygen atoms in total. The van der Waals surface area contributed by atoms with Gasteiger partial charge >= 0.3 is 0 Å². The van der Waals surface area contributed by atoms with E-state index in [0.717, 1.165) is 17.2 Å². The molecule has 0 saturated heterocycles. The van der Waals surface area contributed by atoms with E-state index in [1.165, 1.54) is 11.1 Å². The molecule has 0 bridgehead atoms. The smallest absolute Gasteiger partial charge is 0.148 e. The summed E-state index contributed by atoms with van der Waals surface area (Å²) in [6.45, 7) is 8.48. The number of hydrogen-bond acceptors (Lipinski definition) is 2. The van der Waals surface area contributed by atoms with E-state index in [9.17, 15) is 0 Å². The fourth-order valence-corrected chi connectivity index (χ4v) is 2.06. The Bertz CT molecular complexity index is 547. The van der Waals surface area contributed by atoms with Crippen LogP contribution in [0.4, 0.5) is 0 Å². The van der Waals surface area contributed by atoms with Crippen LogP contribution in [-0.2, 0) is 0 Å². The third kappa shape index (κ3) is 2.70. The summed E-state index contributed by atoms with van der Waals surface area (Å²) < 4.78 is 5.86. The SMILES string of the molecule is Cc1cc(Oc2cccnc2C)ccc1C(C)C. The number of aromatic nitrogens is 1. The molecule has 0 aliphatic heterocycles. The van der Waals surface area contributed by atoms with E-state index in [2.05, 4.69) is 37.9 Å². The molecular weight excluding hydrogens is 222 g/mol. The van der Waals surface area contributed by atoms with Crippen molar-refractivity contribution in [1.29, 1.82) is 0 Å². The van der Waals surface area contributed by atoms with Gasteiger partial charge in [0.15, 0.2) is 0 Å². The number of ether oxygens (including phenoxy) is 1. The van der Waals surface area contributed by atoms with Crippen LogP contribution in [0.5, 0.6) is 11.5 Å². The van der Waals surface area contributed by atoms with Gasteiger partial charge in [-0.2, -0.15) is 0 Å². The topological polar surface area (TPSA) is 22.1 Å². The lowest BCUT2D eigenvalue weighted by atomic mass is 9.98. The molecule has 0 fully saturated rings. The van der Waals surface area contributed by atoms with E-state index < -0.39 is 0 Å². The highest BCUT2D eigenvalue weighted by Gasteiger charge is 2.06. The van der Waals surface area contributed by atoms with Gasteiger partial charge in [-0.1, -0.05) is 19.9 Å². The van der Waals surface area contributed by atoms with Crippen molar-refractivity contribution >= 4 is 0 Å². The molecule has 0 unspecified atom stereocenters. The van der Waals surface area contributed by atoms with Gasteiger partial charge in [-0.05, 0) is 55.2 Å². The van der Waals surface area contributed by atoms with Gasteiger partial charge < -0.3 is 4.74 Å². The molecule has 2 heteroatoms. The maximum Gasteiger partial charge on any atom is 0.148 e. The number of rotatable bonds is 3. The monoisotopic (exact) mass is 241 g/mol. The molecule has 0 saturated carbocycles. The van der Waals surface area contributed by atoms with Crippen molar-refractivity contribution in [3.63, 3.8) is 0 Å². The van der Waals surface area contributed by atoms with E-state index in [0.29, 0.717) is 5.92 Å². The first-order valence-electron chi connectivity index (χ1n) is 6.28. The predicted octanol–water partition coefficient (Wildman–Crippen LogP) is 4.61. The van der Waals surface area contributed by atoms with Gasteiger partial charge in [0.25, 0.3) is 0 Å². The Morgan fingerprint density at radius 2 is 1.89 bits per heavy atom. The second kappa shape index (κ2) is 5.21. The van der Waals surface area contributed by atoms with E-state index in [1.54, 1.807) is 6.20 Å². The Balaban J connectivity index is 2.26. The molecule has 0 radical (unpaired) electrons. The van der Waals surface area contributed by atoms with Crippen molar-refractivity contribution in [2.45, 2.75) is 33.6 Å². The van der Waals surface area contributed by atoms with Crippen LogP contribution in [0, 0.1) is 13.8 Å². The molecule has 2 rings (SSSR count). The van der Waals surface area contributed by atoms with E-state index in [4.69, 9.17) is 4.74 Å². The van der Waals surface area contributed by atoms with Crippen molar-refractivity contribution in [3.05, 3.63) is 53.3 Å². The molecule has 94 valence electrons. The van der Waals surface area contributed by atoms with Gasteiger partial charge in [0.2, 0.25) is 0 Å². The Morgan fingerprint density at radius 3 is 2.50 bits per heavy atom. The highest BCUT2D eigenvalue weighted by atomic mass is 16.5. The van der Waals surface area contributed by atoms with Crippen LogP contribution in [0.1, 0.15) is 36.6 Å². The third-order valence-corrected chi connectivity index (χ3v) is 3.05. The molecule has 0 aliphatic rings. The molecule has 0 atom stereocenters. The Hall–Kier alpha value is -1.83. The summed E-state index contributed by atoms with van der Waals surface area (Å²) in [7, 11) is 0. The van der Waals surface area contributed by atoms with Crippen molar-refractivity contribution in [1.82, 2.24) is 4.98 Å². The van der Waals surface area contributed by atoms with Crippen LogP contribution in [0.3, 0.4) is 0 Å². The molecule has 0 amide bonds. The fraction of sp³-hybridized carbons (Fsp3) is 0.312. The summed E-state index contributed by atoms with van der Waals surface area (Å²) in [4.78, 5) is 4.22. The lowest BCUT2D eigenvalue weighted by Gasteiger charge is -2.13. The van der Waals surface area contributed by atoms with E-state index in [1.807, 2.05) is 25.1 Å². The summed E-state index contributed by atoms with van der Waals surface area (Å²) in [6.07, 6.45) is 1.77. The van der Waals surface area contributed by atoms with Gasteiger partial charge in [0.1, 0.15) is 11.5 Å². The van der Waals surface area contributed by atoms with Crippen molar-refractivity contribution in [3.8, 4) is 11.5 Å². The Morgan fingerprint density at radius 1 is 1.11 bits per heavy atom. The zero-order valence-corrected chi connectivity index (χ0v) is 11.4. The maximum absolute atomic E-state index is 5.86. The lowest BCUT2D eigenvalue weighted by Crippen LogP contribution is -1.94.